The molecule has 0 amide bonds. The summed E-state index contributed by atoms with van der Waals surface area (Å²) in [4.78, 5) is 138. The minimum absolute atomic E-state index is 0.0278. The van der Waals surface area contributed by atoms with Crippen LogP contribution in [-0.4, -0.2) is 259 Å². The fourth-order valence-corrected chi connectivity index (χ4v) is 17.9. The molecule has 4 saturated heterocycles. The number of benzene rings is 2. The number of piperazine rings is 1. The maximum absolute atomic E-state index is 12.8. The number of fused-ring (bicyclic) bond motifs is 3. The van der Waals surface area contributed by atoms with Crippen LogP contribution in [0.4, 0.5) is 40.5 Å². The highest BCUT2D eigenvalue weighted by Crippen LogP contribution is 2.46. The SMILES string of the molecule is CNc1cc(NC)cc(C(=O)OCC#Cc2cn([C@H]3CC(O)[C@@H](COP(=O)([O-])n4ccnc4C)O3)c3nc(N)[nH]c(=O)c23)c1.CNc1ccc(CC(=O)OCC#Cc2cn([C@H]3CC(O)[C@@H](COP(=O)([O-])n4ccnc4C)O3)c3nc(N)[nH]c(=O)c23)c(NC)c1.Cc1nccn1P(=O)([O-])OC[C@H]1O[C@@H](n2cc(C#CCOC(=O)C3CN(C)CCN3C)c3c(N)ncnc32)CC1O. The fraction of sp³-hybridized carbons (Fsp3) is 0.400. The van der Waals surface area contributed by atoms with Crippen LogP contribution < -0.4 is 64.3 Å². The third-order valence-electron chi connectivity index (χ3n) is 21.4. The van der Waals surface area contributed by atoms with Crippen molar-refractivity contribution >= 4 is 115 Å². The van der Waals surface area contributed by atoms with E-state index in [0.717, 1.165) is 54.4 Å². The van der Waals surface area contributed by atoms with Gasteiger partial charge in [0.1, 0.15) is 78.3 Å². The average Bonchev–Trinajstić information content (AvgIpc) is 1.63. The van der Waals surface area contributed by atoms with E-state index in [1.807, 2.05) is 43.3 Å². The molecule has 4 aliphatic rings. The number of carbonyl (C=O) groups excluding carboxylic acids is 3. The van der Waals surface area contributed by atoms with Crippen LogP contribution in [0.3, 0.4) is 0 Å². The molecule has 4 fully saturated rings. The third kappa shape index (κ3) is 21.9. The first-order valence-electron chi connectivity index (χ1n) is 40.2. The molecular weight excluding hydrogens is 1760 g/mol. The van der Waals surface area contributed by atoms with Gasteiger partial charge < -0.3 is 129 Å². The molecule has 13 heterocycles. The van der Waals surface area contributed by atoms with Gasteiger partial charge in [-0.2, -0.15) is 9.97 Å². The molecular formula is C80H94N24O23P3-3. The number of nitrogens with zero attached hydrogens (tertiary/aromatic N) is 15. The molecule has 15 N–H and O–H groups in total. The molecule has 130 heavy (non-hydrogen) atoms. The largest absolute Gasteiger partial charge is 0.761 e. The molecule has 2 aromatic carbocycles. The molecule has 0 spiro atoms. The Balaban J connectivity index is 0.000000166. The number of aromatic nitrogens is 15. The molecule has 0 aliphatic carbocycles. The summed E-state index contributed by atoms with van der Waals surface area (Å²) in [5, 5.41) is 44.7. The molecule has 4 aliphatic heterocycles. The van der Waals surface area contributed by atoms with Gasteiger partial charge in [-0.15, -0.1) is 0 Å². The van der Waals surface area contributed by atoms with E-state index in [2.05, 4.69) is 107 Å². The second-order valence-electron chi connectivity index (χ2n) is 30.0. The summed E-state index contributed by atoms with van der Waals surface area (Å²) in [6.07, 6.45) is 5.46. The molecule has 11 aromatic rings. The van der Waals surface area contributed by atoms with Crippen LogP contribution in [0.2, 0.25) is 0 Å². The Hall–Kier alpha value is -12.6. The minimum Gasteiger partial charge on any atom is -0.761 e. The number of nitrogens with one attached hydrogen (secondary N) is 6. The lowest BCUT2D eigenvalue weighted by atomic mass is 10.1. The molecule has 47 nitrogen and oxygen atoms in total. The van der Waals surface area contributed by atoms with E-state index >= 15 is 0 Å². The number of carbonyl (C=O) groups is 3. The van der Waals surface area contributed by atoms with E-state index in [4.69, 9.17) is 59.2 Å². The highest BCUT2D eigenvalue weighted by atomic mass is 31.2. The van der Waals surface area contributed by atoms with Crippen LogP contribution in [0.15, 0.2) is 108 Å². The molecule has 0 saturated carbocycles. The van der Waals surface area contributed by atoms with Gasteiger partial charge in [-0.05, 0) is 70.8 Å². The summed E-state index contributed by atoms with van der Waals surface area (Å²) in [5.74, 6) is 16.2. The number of H-pyrrole nitrogens is 2. The summed E-state index contributed by atoms with van der Waals surface area (Å²) in [6, 6.07) is 10.3. The van der Waals surface area contributed by atoms with Gasteiger partial charge in [0.15, 0.2) is 31.1 Å². The lowest BCUT2D eigenvalue weighted by Crippen LogP contribution is -2.54. The van der Waals surface area contributed by atoms with E-state index in [1.54, 1.807) is 51.1 Å². The van der Waals surface area contributed by atoms with Gasteiger partial charge >= 0.3 is 17.9 Å². The zero-order valence-corrected chi connectivity index (χ0v) is 74.2. The number of anilines is 7. The van der Waals surface area contributed by atoms with Crippen molar-refractivity contribution in [1.82, 2.24) is 81.4 Å². The number of hydrogen-bond acceptors (Lipinski definition) is 39. The van der Waals surface area contributed by atoms with Crippen LogP contribution >= 0.6 is 23.2 Å². The first-order valence-corrected chi connectivity index (χ1v) is 44.7. The van der Waals surface area contributed by atoms with Crippen LogP contribution in [0.5, 0.6) is 0 Å². The number of hydrogen-bond donors (Lipinski definition) is 12. The lowest BCUT2D eigenvalue weighted by Gasteiger charge is -2.35. The van der Waals surface area contributed by atoms with Crippen molar-refractivity contribution in [2.45, 2.75) is 108 Å². The normalized spacial score (nSPS) is 21.0. The molecule has 50 heteroatoms. The smallest absolute Gasteiger partial charge is 0.339 e. The Labute approximate surface area is 740 Å². The van der Waals surface area contributed by atoms with Gasteiger partial charge in [0.05, 0.1) is 83.0 Å². The zero-order valence-electron chi connectivity index (χ0n) is 71.5. The maximum Gasteiger partial charge on any atom is 0.339 e. The van der Waals surface area contributed by atoms with E-state index in [-0.39, 0.29) is 126 Å². The van der Waals surface area contributed by atoms with Gasteiger partial charge in [-0.25, -0.2) is 29.7 Å². The second kappa shape index (κ2) is 41.0. The number of nitrogen functional groups attached to an aromatic ring is 3. The standard InChI is InChI=1S/C28H33N8O8P.C27H31N8O8P.C25H33N8O7P/c1-16-32-8-9-36(16)45(40,41)43-15-22-21(37)13-23(44-22)35-14-18(25-26(35)33-28(29)34-27(25)39)5-4-10-42-24(38)11-17-6-7-19(30-2)12-20(17)31-3;1-15-31-6-7-35(15)44(39,40)42-14-21-20(36)12-22(43-21)34-13-16(23-24(34)32-27(28)33-25(23)37)5-4-8-41-26(38)17-9-18(29-2)11-19(10-17)30-3;1-16-27-6-7-33(16)41(36,37)39-14-20-19(34)11-21(40-20)32-12-17(22-23(26)28-15-29-24(22)32)5-4-10-38-25(35)18-13-30(2)8-9-31(18)3/h6-9,12,14,21-23,30-31,37H,10-11,13,15H2,1-3H3,(H,40,41)(H3,29,33,34,39);6-7,9-11,13,20-22,29-30,36H,8,12,14H2,1-3H3,(H,39,40)(H3,28,32,33,37);6-7,12,15,18-21,34H,8-11,13-14H2,1-3H3,(H,36,37)(H2,26,28,29)/p-3/t21?,22-,23-;20?,21-,22-;18?,19?,20-,21-/m111/s1. The van der Waals surface area contributed by atoms with Crippen molar-refractivity contribution < 1.29 is 100 Å². The summed E-state index contributed by atoms with van der Waals surface area (Å²) in [5.41, 5.74) is 22.5. The molecule has 0 radical (unpaired) electrons. The number of aromatic amines is 2. The molecule has 690 valence electrons. The first-order chi connectivity index (χ1) is 62.0. The fourth-order valence-electron chi connectivity index (χ4n) is 14.6. The highest BCUT2D eigenvalue weighted by molar-refractivity contribution is 7.50. The van der Waals surface area contributed by atoms with E-state index in [0.29, 0.717) is 28.7 Å². The first kappa shape index (κ1) is 94.9. The molecule has 9 aromatic heterocycles. The predicted octanol–water partition coefficient (Wildman–Crippen LogP) is 0.840. The summed E-state index contributed by atoms with van der Waals surface area (Å²) >= 11 is 0. The number of aliphatic hydroxyl groups is 3. The van der Waals surface area contributed by atoms with Crippen LogP contribution in [0, 0.1) is 56.3 Å². The third-order valence-corrected chi connectivity index (χ3v) is 25.7. The van der Waals surface area contributed by atoms with Crippen molar-refractivity contribution in [2.24, 2.45) is 0 Å². The monoisotopic (exact) mass is 1850 g/mol. The van der Waals surface area contributed by atoms with Crippen molar-refractivity contribution in [3.05, 3.63) is 164 Å². The average molecular weight is 1850 g/mol. The van der Waals surface area contributed by atoms with E-state index < -0.39 is 121 Å². The number of nitrogens with two attached hydrogens (primary N) is 3. The van der Waals surface area contributed by atoms with Crippen molar-refractivity contribution in [2.75, 3.05) is 140 Å². The molecule has 7 unspecified atom stereocenters. The maximum atomic E-state index is 12.8. The van der Waals surface area contributed by atoms with Gasteiger partial charge in [-0.3, -0.25) is 60.8 Å². The Morgan fingerprint density at radius 2 is 0.985 bits per heavy atom. The number of esters is 3. The number of aryl methyl sites for hydroxylation is 3. The summed E-state index contributed by atoms with van der Waals surface area (Å²) < 4.78 is 94.3. The summed E-state index contributed by atoms with van der Waals surface area (Å²) in [6.45, 7) is 4.86. The number of imidazole rings is 3. The van der Waals surface area contributed by atoms with Crippen LogP contribution in [0.25, 0.3) is 33.1 Å². The zero-order chi connectivity index (χ0) is 93.2. The Morgan fingerprint density at radius 3 is 1.42 bits per heavy atom. The predicted molar refractivity (Wildman–Crippen MR) is 464 cm³/mol. The lowest BCUT2D eigenvalue weighted by molar-refractivity contribution is -0.206. The van der Waals surface area contributed by atoms with Gasteiger partial charge in [0, 0.05) is 146 Å². The van der Waals surface area contributed by atoms with Crippen molar-refractivity contribution in [3.63, 3.8) is 0 Å². The number of ether oxygens (including phenoxy) is 6. The number of rotatable bonds is 26. The Kier molecular flexibility index (Phi) is 29.9. The van der Waals surface area contributed by atoms with E-state index in [1.165, 1.54) is 85.8 Å². The van der Waals surface area contributed by atoms with Crippen molar-refractivity contribution in [1.29, 1.82) is 0 Å². The van der Waals surface area contributed by atoms with Crippen molar-refractivity contribution in [3.8, 4) is 35.5 Å². The highest BCUT2D eigenvalue weighted by Gasteiger charge is 2.41. The van der Waals surface area contributed by atoms with Gasteiger partial charge in [0.25, 0.3) is 11.1 Å². The topological polar surface area (TPSA) is 634 Å². The molecule has 0 bridgehead atoms. The quantitative estimate of drug-likeness (QED) is 0.0155. The molecule has 13 atom stereocenters. The van der Waals surface area contributed by atoms with Crippen LogP contribution in [0.1, 0.15) is 88.0 Å². The number of aliphatic hydroxyl groups excluding tert-OH is 3. The van der Waals surface area contributed by atoms with Gasteiger partial charge in [-0.1, -0.05) is 41.6 Å². The Morgan fingerprint density at radius 1 is 0.554 bits per heavy atom. The number of likely N-dealkylation sites (N-methyl/N-ethyl adjacent to an activating group) is 2. The van der Waals surface area contributed by atoms with E-state index in [9.17, 15) is 67.7 Å². The molecule has 15 rings (SSSR count). The Bertz CT molecular complexity index is 6480. The van der Waals surface area contributed by atoms with Gasteiger partial charge in [0.2, 0.25) is 35.1 Å². The second-order valence-corrected chi connectivity index (χ2v) is 34.9. The minimum atomic E-state index is -4.53. The van der Waals surface area contributed by atoms with Crippen LogP contribution in [-0.2, 0) is 71.7 Å². The summed E-state index contributed by atoms with van der Waals surface area (Å²) in [7, 11) is -2.67.